The fourth-order valence-electron chi connectivity index (χ4n) is 2.62. The van der Waals surface area contributed by atoms with Gasteiger partial charge in [0, 0.05) is 17.3 Å². The molecule has 2 aromatic heterocycles. The average molecular weight is 359 g/mol. The molecule has 0 spiro atoms. The first-order valence-electron chi connectivity index (χ1n) is 8.97. The molecule has 2 heterocycles. The Kier molecular flexibility index (Phi) is 5.68. The van der Waals surface area contributed by atoms with E-state index in [4.69, 9.17) is 0 Å². The molecule has 0 unspecified atom stereocenters. The molecule has 2 amide bonds. The highest BCUT2D eigenvalue weighted by molar-refractivity contribution is 6.06. The third kappa shape index (κ3) is 4.59. The van der Waals surface area contributed by atoms with Crippen LogP contribution in [-0.4, -0.2) is 38.7 Å². The second-order valence-corrected chi connectivity index (χ2v) is 8.15. The van der Waals surface area contributed by atoms with Crippen LogP contribution in [0.15, 0.2) is 12.3 Å². The van der Waals surface area contributed by atoms with Gasteiger partial charge in [-0.3, -0.25) is 9.59 Å². The van der Waals surface area contributed by atoms with E-state index in [0.29, 0.717) is 16.6 Å². The minimum absolute atomic E-state index is 0.0742. The predicted molar refractivity (Wildman–Crippen MR) is 102 cm³/mol. The van der Waals surface area contributed by atoms with E-state index in [1.807, 2.05) is 53.1 Å². The van der Waals surface area contributed by atoms with Crippen LogP contribution in [0.2, 0.25) is 0 Å². The van der Waals surface area contributed by atoms with Gasteiger partial charge in [0.15, 0.2) is 5.65 Å². The second kappa shape index (κ2) is 7.43. The summed E-state index contributed by atoms with van der Waals surface area (Å²) < 4.78 is 1.81. The first-order valence-corrected chi connectivity index (χ1v) is 8.97. The van der Waals surface area contributed by atoms with E-state index in [2.05, 4.69) is 20.7 Å². The van der Waals surface area contributed by atoms with Crippen molar-refractivity contribution in [3.8, 4) is 0 Å². The van der Waals surface area contributed by atoms with E-state index in [9.17, 15) is 9.59 Å². The Morgan fingerprint density at radius 3 is 2.38 bits per heavy atom. The molecule has 0 fully saturated rings. The monoisotopic (exact) mass is 359 g/mol. The van der Waals surface area contributed by atoms with Crippen LogP contribution in [0.4, 0.5) is 0 Å². The van der Waals surface area contributed by atoms with Crippen LogP contribution in [0.25, 0.3) is 11.0 Å². The van der Waals surface area contributed by atoms with Gasteiger partial charge >= 0.3 is 0 Å². The van der Waals surface area contributed by atoms with Crippen LogP contribution in [0, 0.1) is 0 Å². The highest BCUT2D eigenvalue weighted by atomic mass is 16.2. The van der Waals surface area contributed by atoms with E-state index in [0.717, 1.165) is 5.69 Å². The van der Waals surface area contributed by atoms with Crippen LogP contribution in [0.5, 0.6) is 0 Å². The Hall–Kier alpha value is -2.44. The predicted octanol–water partition coefficient (Wildman–Crippen LogP) is 2.78. The summed E-state index contributed by atoms with van der Waals surface area (Å²) in [7, 11) is 0. The maximum Gasteiger partial charge on any atom is 0.252 e. The molecule has 0 bridgehead atoms. The summed E-state index contributed by atoms with van der Waals surface area (Å²) in [5.41, 5.74) is 1.67. The molecule has 2 N–H and O–H groups in total. The van der Waals surface area contributed by atoms with Crippen LogP contribution in [-0.2, 0) is 4.79 Å². The smallest absolute Gasteiger partial charge is 0.252 e. The quantitative estimate of drug-likeness (QED) is 0.859. The highest BCUT2D eigenvalue weighted by Gasteiger charge is 2.20. The third-order valence-corrected chi connectivity index (χ3v) is 3.84. The van der Waals surface area contributed by atoms with Gasteiger partial charge in [-0.2, -0.15) is 5.10 Å². The van der Waals surface area contributed by atoms with Crippen molar-refractivity contribution in [1.82, 2.24) is 25.4 Å². The number of amides is 2. The Morgan fingerprint density at radius 2 is 1.85 bits per heavy atom. The maximum absolute atomic E-state index is 12.7. The van der Waals surface area contributed by atoms with Gasteiger partial charge in [0.1, 0.15) is 0 Å². The third-order valence-electron chi connectivity index (χ3n) is 3.84. The van der Waals surface area contributed by atoms with Crippen molar-refractivity contribution in [1.29, 1.82) is 0 Å². The molecule has 2 aromatic rings. The number of hydrogen-bond acceptors (Lipinski definition) is 4. The molecule has 0 atom stereocenters. The van der Waals surface area contributed by atoms with Gasteiger partial charge in [-0.15, -0.1) is 0 Å². The summed E-state index contributed by atoms with van der Waals surface area (Å²) in [4.78, 5) is 29.4. The summed E-state index contributed by atoms with van der Waals surface area (Å²) in [6.45, 7) is 13.7. The standard InChI is InChI=1S/C19H29N5O2/c1-11(2)15-8-13(14-9-21-24(12(3)4)17(14)22-15)18(26)20-10-16(25)23-19(5,6)7/h8-9,11-12H,10H2,1-7H3,(H,20,26)(H,23,25). The second-order valence-electron chi connectivity index (χ2n) is 8.15. The van der Waals surface area contributed by atoms with Crippen molar-refractivity contribution in [2.75, 3.05) is 6.54 Å². The summed E-state index contributed by atoms with van der Waals surface area (Å²) in [5, 5.41) is 10.6. The molecule has 0 aliphatic carbocycles. The van der Waals surface area contributed by atoms with Crippen LogP contribution >= 0.6 is 0 Å². The van der Waals surface area contributed by atoms with Crippen molar-refractivity contribution in [2.45, 2.75) is 66.0 Å². The fraction of sp³-hybridized carbons (Fsp3) is 0.579. The summed E-state index contributed by atoms with van der Waals surface area (Å²) in [5.74, 6) is -0.351. The number of rotatable bonds is 5. The van der Waals surface area contributed by atoms with Gasteiger partial charge in [0.05, 0.1) is 23.7 Å². The minimum atomic E-state index is -0.338. The number of nitrogens with one attached hydrogen (secondary N) is 2. The van der Waals surface area contributed by atoms with E-state index in [1.165, 1.54) is 0 Å². The van der Waals surface area contributed by atoms with Gasteiger partial charge in [-0.25, -0.2) is 9.67 Å². The van der Waals surface area contributed by atoms with Crippen LogP contribution < -0.4 is 10.6 Å². The van der Waals surface area contributed by atoms with E-state index >= 15 is 0 Å². The Morgan fingerprint density at radius 1 is 1.19 bits per heavy atom. The first kappa shape index (κ1) is 19.9. The normalized spacial score (nSPS) is 12.0. The van der Waals surface area contributed by atoms with Crippen molar-refractivity contribution >= 4 is 22.8 Å². The van der Waals surface area contributed by atoms with Gasteiger partial charge in [-0.1, -0.05) is 13.8 Å². The molecule has 0 aromatic carbocycles. The Bertz CT molecular complexity index is 815. The van der Waals surface area contributed by atoms with Gasteiger partial charge < -0.3 is 10.6 Å². The molecular weight excluding hydrogens is 330 g/mol. The number of nitrogens with zero attached hydrogens (tertiary/aromatic N) is 3. The van der Waals surface area contributed by atoms with E-state index in [-0.39, 0.29) is 35.9 Å². The number of carbonyl (C=O) groups excluding carboxylic acids is 2. The van der Waals surface area contributed by atoms with Crippen LogP contribution in [0.3, 0.4) is 0 Å². The maximum atomic E-state index is 12.7. The first-order chi connectivity index (χ1) is 12.0. The van der Waals surface area contributed by atoms with Crippen molar-refractivity contribution in [3.05, 3.63) is 23.5 Å². The topological polar surface area (TPSA) is 88.9 Å². The van der Waals surface area contributed by atoms with E-state index < -0.39 is 0 Å². The Labute approximate surface area is 154 Å². The lowest BCUT2D eigenvalue weighted by Crippen LogP contribution is -2.45. The average Bonchev–Trinajstić information content (AvgIpc) is 2.93. The molecule has 0 saturated carbocycles. The molecular formula is C19H29N5O2. The van der Waals surface area contributed by atoms with Gasteiger partial charge in [0.2, 0.25) is 5.91 Å². The zero-order valence-corrected chi connectivity index (χ0v) is 16.7. The molecule has 0 saturated heterocycles. The summed E-state index contributed by atoms with van der Waals surface area (Å²) in [6.07, 6.45) is 1.66. The number of aromatic nitrogens is 3. The molecule has 0 radical (unpaired) electrons. The molecule has 7 nitrogen and oxygen atoms in total. The summed E-state index contributed by atoms with van der Waals surface area (Å²) in [6, 6.07) is 1.92. The molecule has 142 valence electrons. The van der Waals surface area contributed by atoms with Gasteiger partial charge in [-0.05, 0) is 46.6 Å². The van der Waals surface area contributed by atoms with Gasteiger partial charge in [0.25, 0.3) is 5.91 Å². The SMILES string of the molecule is CC(C)c1cc(C(=O)NCC(=O)NC(C)(C)C)c2cnn(C(C)C)c2n1. The van der Waals surface area contributed by atoms with E-state index in [1.54, 1.807) is 12.3 Å². The molecule has 2 rings (SSSR count). The zero-order chi connectivity index (χ0) is 19.6. The molecule has 7 heteroatoms. The van der Waals surface area contributed by atoms with Crippen LogP contribution in [0.1, 0.15) is 76.5 Å². The lowest BCUT2D eigenvalue weighted by Gasteiger charge is -2.20. The number of pyridine rings is 1. The summed E-state index contributed by atoms with van der Waals surface area (Å²) >= 11 is 0. The zero-order valence-electron chi connectivity index (χ0n) is 16.7. The van der Waals surface area contributed by atoms with Crippen molar-refractivity contribution in [3.63, 3.8) is 0 Å². The highest BCUT2D eigenvalue weighted by Crippen LogP contribution is 2.24. The van der Waals surface area contributed by atoms with Crippen molar-refractivity contribution < 1.29 is 9.59 Å². The number of fused-ring (bicyclic) bond motifs is 1. The fourth-order valence-corrected chi connectivity index (χ4v) is 2.62. The lowest BCUT2D eigenvalue weighted by molar-refractivity contribution is -0.121. The Balaban J connectivity index is 2.32. The molecule has 0 aliphatic heterocycles. The minimum Gasteiger partial charge on any atom is -0.350 e. The van der Waals surface area contributed by atoms with Crippen molar-refractivity contribution in [2.24, 2.45) is 0 Å². The molecule has 26 heavy (non-hydrogen) atoms. The molecule has 0 aliphatic rings. The lowest BCUT2D eigenvalue weighted by atomic mass is 10.0. The largest absolute Gasteiger partial charge is 0.350 e. The number of hydrogen-bond donors (Lipinski definition) is 2. The number of carbonyl (C=O) groups is 2.